The monoisotopic (exact) mass is 337 g/mol. The Kier molecular flexibility index (Phi) is 4.22. The van der Waals surface area contributed by atoms with Gasteiger partial charge in [-0.25, -0.2) is 4.98 Å². The number of pyridine rings is 1. The smallest absolute Gasteiger partial charge is 0.221 e. The highest BCUT2D eigenvalue weighted by Crippen LogP contribution is 2.48. The predicted molar refractivity (Wildman–Crippen MR) is 102 cm³/mol. The molecule has 0 N–H and O–H groups in total. The van der Waals surface area contributed by atoms with E-state index in [1.807, 2.05) is 6.07 Å². The van der Waals surface area contributed by atoms with Gasteiger partial charge in [0.25, 0.3) is 0 Å². The van der Waals surface area contributed by atoms with Crippen molar-refractivity contribution in [2.45, 2.75) is 58.3 Å². The molecule has 1 aliphatic rings. The first-order chi connectivity index (χ1) is 11.7. The van der Waals surface area contributed by atoms with E-state index in [2.05, 4.69) is 51.7 Å². The van der Waals surface area contributed by atoms with Crippen LogP contribution in [-0.4, -0.2) is 18.4 Å². The van der Waals surface area contributed by atoms with Crippen molar-refractivity contribution < 1.29 is 9.53 Å². The van der Waals surface area contributed by atoms with Crippen LogP contribution in [0.1, 0.15) is 67.6 Å². The third-order valence-corrected chi connectivity index (χ3v) is 5.69. The molecular weight excluding hydrogens is 310 g/mol. The number of benzene rings is 1. The minimum Gasteiger partial charge on any atom is -0.481 e. The number of carbonyl (C=O) groups is 1. The Hall–Kier alpha value is -2.16. The highest BCUT2D eigenvalue weighted by Gasteiger charge is 2.37. The van der Waals surface area contributed by atoms with Gasteiger partial charge in [0.2, 0.25) is 5.88 Å². The molecule has 0 unspecified atom stereocenters. The van der Waals surface area contributed by atoms with Gasteiger partial charge in [-0.3, -0.25) is 4.79 Å². The average molecular weight is 337 g/mol. The lowest BCUT2D eigenvalue weighted by Crippen LogP contribution is -2.34. The third-order valence-electron chi connectivity index (χ3n) is 5.69. The van der Waals surface area contributed by atoms with Crippen LogP contribution >= 0.6 is 0 Å². The third kappa shape index (κ3) is 2.97. The largest absolute Gasteiger partial charge is 0.481 e. The van der Waals surface area contributed by atoms with E-state index in [0.717, 1.165) is 17.4 Å². The van der Waals surface area contributed by atoms with Crippen LogP contribution in [0.2, 0.25) is 0 Å². The van der Waals surface area contributed by atoms with Crippen LogP contribution in [0.5, 0.6) is 5.88 Å². The maximum Gasteiger partial charge on any atom is 0.221 e. The normalized spacial score (nSPS) is 17.7. The first-order valence-corrected chi connectivity index (χ1v) is 8.85. The highest BCUT2D eigenvalue weighted by molar-refractivity contribution is 5.81. The Balaban J connectivity index is 2.28. The quantitative estimate of drug-likeness (QED) is 0.720. The SMILES string of the molecule is COc1ncc(C=O)cc1-c1cc2c(cc1C)C(C)(C)CCC2(C)C. The van der Waals surface area contributed by atoms with E-state index in [9.17, 15) is 4.79 Å². The van der Waals surface area contributed by atoms with E-state index in [1.54, 1.807) is 13.3 Å². The number of fused-ring (bicyclic) bond motifs is 1. The number of aldehydes is 1. The second-order valence-corrected chi connectivity index (χ2v) is 8.42. The van der Waals surface area contributed by atoms with E-state index < -0.39 is 0 Å². The molecule has 25 heavy (non-hydrogen) atoms. The van der Waals surface area contributed by atoms with Gasteiger partial charge >= 0.3 is 0 Å². The van der Waals surface area contributed by atoms with E-state index in [1.165, 1.54) is 29.5 Å². The molecule has 0 atom stereocenters. The van der Waals surface area contributed by atoms with Crippen molar-refractivity contribution in [3.63, 3.8) is 0 Å². The molecule has 3 rings (SSSR count). The fourth-order valence-electron chi connectivity index (χ4n) is 3.90. The highest BCUT2D eigenvalue weighted by atomic mass is 16.5. The molecule has 0 amide bonds. The van der Waals surface area contributed by atoms with Crippen molar-refractivity contribution in [1.29, 1.82) is 0 Å². The summed E-state index contributed by atoms with van der Waals surface area (Å²) in [7, 11) is 1.62. The Labute approximate surface area is 150 Å². The summed E-state index contributed by atoms with van der Waals surface area (Å²) in [6, 6.07) is 6.48. The van der Waals surface area contributed by atoms with Crippen molar-refractivity contribution in [2.24, 2.45) is 0 Å². The van der Waals surface area contributed by atoms with Crippen LogP contribution < -0.4 is 4.74 Å². The predicted octanol–water partition coefficient (Wildman–Crippen LogP) is 5.23. The second kappa shape index (κ2) is 5.98. The van der Waals surface area contributed by atoms with E-state index in [4.69, 9.17) is 4.74 Å². The molecular formula is C22H27NO2. The molecule has 1 aromatic carbocycles. The average Bonchev–Trinajstić information content (AvgIpc) is 2.58. The zero-order valence-corrected chi connectivity index (χ0v) is 16.1. The zero-order valence-electron chi connectivity index (χ0n) is 16.1. The Morgan fingerprint density at radius 2 is 1.60 bits per heavy atom. The van der Waals surface area contributed by atoms with Crippen LogP contribution in [0, 0.1) is 6.92 Å². The summed E-state index contributed by atoms with van der Waals surface area (Å²) in [5, 5.41) is 0. The van der Waals surface area contributed by atoms with Gasteiger partial charge in [0.1, 0.15) is 0 Å². The summed E-state index contributed by atoms with van der Waals surface area (Å²) in [5.41, 5.74) is 6.87. The number of carbonyl (C=O) groups excluding carboxylic acids is 1. The molecule has 132 valence electrons. The number of aromatic nitrogens is 1. The van der Waals surface area contributed by atoms with Crippen LogP contribution in [-0.2, 0) is 10.8 Å². The van der Waals surface area contributed by atoms with Crippen LogP contribution in [0.25, 0.3) is 11.1 Å². The van der Waals surface area contributed by atoms with Crippen LogP contribution in [0.15, 0.2) is 24.4 Å². The molecule has 0 saturated heterocycles. The lowest BCUT2D eigenvalue weighted by atomic mass is 9.62. The van der Waals surface area contributed by atoms with Crippen molar-refractivity contribution in [1.82, 2.24) is 4.98 Å². The Bertz CT molecular complexity index is 834. The second-order valence-electron chi connectivity index (χ2n) is 8.42. The maximum atomic E-state index is 11.2. The van der Waals surface area contributed by atoms with Crippen molar-refractivity contribution >= 4 is 6.29 Å². The van der Waals surface area contributed by atoms with Gasteiger partial charge in [0, 0.05) is 17.3 Å². The van der Waals surface area contributed by atoms with Gasteiger partial charge in [-0.1, -0.05) is 33.8 Å². The van der Waals surface area contributed by atoms with E-state index in [-0.39, 0.29) is 10.8 Å². The number of ether oxygens (including phenoxy) is 1. The topological polar surface area (TPSA) is 39.2 Å². The zero-order chi connectivity index (χ0) is 18.4. The van der Waals surface area contributed by atoms with Crippen molar-refractivity contribution in [2.75, 3.05) is 7.11 Å². The number of hydrogen-bond donors (Lipinski definition) is 0. The molecule has 0 saturated carbocycles. The minimum absolute atomic E-state index is 0.135. The number of nitrogens with zero attached hydrogens (tertiary/aromatic N) is 1. The van der Waals surface area contributed by atoms with Crippen LogP contribution in [0.3, 0.4) is 0 Å². The fraction of sp³-hybridized carbons (Fsp3) is 0.455. The summed E-state index contributed by atoms with van der Waals surface area (Å²) >= 11 is 0. The van der Waals surface area contributed by atoms with Crippen LogP contribution in [0.4, 0.5) is 0 Å². The number of methoxy groups -OCH3 is 1. The first kappa shape index (κ1) is 17.7. The molecule has 0 fully saturated rings. The number of aryl methyl sites for hydroxylation is 1. The molecule has 0 spiro atoms. The molecule has 2 aromatic rings. The van der Waals surface area contributed by atoms with Gasteiger partial charge in [-0.15, -0.1) is 0 Å². The fourth-order valence-corrected chi connectivity index (χ4v) is 3.90. The molecule has 0 bridgehead atoms. The number of rotatable bonds is 3. The maximum absolute atomic E-state index is 11.2. The van der Waals surface area contributed by atoms with Crippen molar-refractivity contribution in [3.05, 3.63) is 46.6 Å². The minimum atomic E-state index is 0.135. The summed E-state index contributed by atoms with van der Waals surface area (Å²) in [6.45, 7) is 11.4. The molecule has 1 aliphatic carbocycles. The van der Waals surface area contributed by atoms with Gasteiger partial charge in [0.05, 0.1) is 7.11 Å². The Morgan fingerprint density at radius 1 is 1.00 bits per heavy atom. The van der Waals surface area contributed by atoms with Gasteiger partial charge in [-0.2, -0.15) is 0 Å². The molecule has 0 radical (unpaired) electrons. The van der Waals surface area contributed by atoms with Gasteiger partial charge in [-0.05, 0) is 65.0 Å². The molecule has 3 heteroatoms. The summed E-state index contributed by atoms with van der Waals surface area (Å²) in [4.78, 5) is 15.5. The summed E-state index contributed by atoms with van der Waals surface area (Å²) in [6.07, 6.45) is 4.74. The lowest BCUT2D eigenvalue weighted by molar-refractivity contribution is 0.112. The van der Waals surface area contributed by atoms with Crippen molar-refractivity contribution in [3.8, 4) is 17.0 Å². The number of hydrogen-bond acceptors (Lipinski definition) is 3. The van der Waals surface area contributed by atoms with Gasteiger partial charge < -0.3 is 4.74 Å². The summed E-state index contributed by atoms with van der Waals surface area (Å²) in [5.74, 6) is 0.557. The molecule has 3 nitrogen and oxygen atoms in total. The summed E-state index contributed by atoms with van der Waals surface area (Å²) < 4.78 is 5.46. The lowest BCUT2D eigenvalue weighted by Gasteiger charge is -2.42. The van der Waals surface area contributed by atoms with E-state index >= 15 is 0 Å². The Morgan fingerprint density at radius 3 is 2.16 bits per heavy atom. The first-order valence-electron chi connectivity index (χ1n) is 8.85. The molecule has 1 aromatic heterocycles. The van der Waals surface area contributed by atoms with Gasteiger partial charge in [0.15, 0.2) is 6.29 Å². The molecule has 1 heterocycles. The molecule has 0 aliphatic heterocycles. The standard InChI is InChI=1S/C22H27NO2/c1-14-9-18-19(22(4,5)8-7-21(18,2)3)11-16(14)17-10-15(13-24)12-23-20(17)25-6/h9-13H,7-8H2,1-6H3. The van der Waals surface area contributed by atoms with E-state index in [0.29, 0.717) is 11.4 Å².